The average molecular weight is 592 g/mol. The number of fused-ring (bicyclic) bond motifs is 2. The van der Waals surface area contributed by atoms with Crippen molar-refractivity contribution in [2.45, 2.75) is 79.4 Å². The minimum atomic E-state index is -4.60. The average Bonchev–Trinajstić information content (AvgIpc) is 3.64. The lowest BCUT2D eigenvalue weighted by atomic mass is 9.41. The molecule has 2 saturated carbocycles. The maximum Gasteiger partial charge on any atom is 0.401 e. The Morgan fingerprint density at radius 1 is 1.10 bits per heavy atom. The number of nitrogens with one attached hydrogen (secondary N) is 1. The fraction of sp³-hybridized carbons (Fsp3) is 0.567. The predicted molar refractivity (Wildman–Crippen MR) is 146 cm³/mol. The monoisotopic (exact) mass is 591 g/mol. The molecule has 41 heavy (non-hydrogen) atoms. The van der Waals surface area contributed by atoms with Crippen LogP contribution in [0.3, 0.4) is 0 Å². The number of amides is 1. The van der Waals surface area contributed by atoms with Gasteiger partial charge in [0.15, 0.2) is 11.5 Å². The van der Waals surface area contributed by atoms with Gasteiger partial charge in [-0.1, -0.05) is 24.3 Å². The molecule has 2 aromatic carbocycles. The lowest BCUT2D eigenvalue weighted by Gasteiger charge is -2.76. The number of rotatable bonds is 5. The van der Waals surface area contributed by atoms with Crippen LogP contribution in [-0.2, 0) is 16.6 Å². The van der Waals surface area contributed by atoms with E-state index in [0.29, 0.717) is 37.4 Å². The van der Waals surface area contributed by atoms with Crippen LogP contribution in [0.1, 0.15) is 43.2 Å². The van der Waals surface area contributed by atoms with Crippen molar-refractivity contribution in [2.24, 2.45) is 5.92 Å². The van der Waals surface area contributed by atoms with E-state index < -0.39 is 47.3 Å². The highest BCUT2D eigenvalue weighted by molar-refractivity contribution is 5.96. The molecule has 3 aliphatic carbocycles. The van der Waals surface area contributed by atoms with Gasteiger partial charge in [0.1, 0.15) is 17.7 Å². The second-order valence-electron chi connectivity index (χ2n) is 12.7. The number of phenolic OH excluding ortho intramolecular Hbond substituents is 1. The van der Waals surface area contributed by atoms with Crippen LogP contribution >= 0.6 is 12.4 Å². The van der Waals surface area contributed by atoms with Crippen LogP contribution < -0.4 is 10.1 Å². The zero-order chi connectivity index (χ0) is 27.7. The fourth-order valence-electron chi connectivity index (χ4n) is 9.43. The number of piperidine rings is 3. The van der Waals surface area contributed by atoms with Crippen molar-refractivity contribution in [3.63, 3.8) is 0 Å². The molecule has 7 nitrogen and oxygen atoms in total. The number of hydrogen-bond donors (Lipinski definition) is 3. The van der Waals surface area contributed by atoms with E-state index in [1.54, 1.807) is 36.4 Å². The first-order chi connectivity index (χ1) is 19.1. The first kappa shape index (κ1) is 27.3. The second kappa shape index (κ2) is 8.75. The number of aliphatic hydroxyl groups is 1. The molecule has 0 unspecified atom stereocenters. The van der Waals surface area contributed by atoms with Gasteiger partial charge in [0, 0.05) is 23.8 Å². The Morgan fingerprint density at radius 2 is 1.85 bits per heavy atom. The van der Waals surface area contributed by atoms with Crippen molar-refractivity contribution in [3.05, 3.63) is 53.6 Å². The van der Waals surface area contributed by atoms with E-state index in [1.807, 2.05) is 6.07 Å². The maximum absolute atomic E-state index is 14.5. The smallest absolute Gasteiger partial charge is 0.401 e. The normalized spacial score (nSPS) is 36.7. The van der Waals surface area contributed by atoms with Gasteiger partial charge in [0.05, 0.1) is 17.5 Å². The molecular weight excluding hydrogens is 559 g/mol. The van der Waals surface area contributed by atoms with Gasteiger partial charge in [-0.05, 0) is 74.8 Å². The van der Waals surface area contributed by atoms with Crippen molar-refractivity contribution in [2.75, 3.05) is 25.0 Å². The summed E-state index contributed by atoms with van der Waals surface area (Å²) in [6.45, 7) is 0.182. The van der Waals surface area contributed by atoms with Gasteiger partial charge in [-0.3, -0.25) is 14.6 Å². The number of ether oxygens (including phenoxy) is 1. The Balaban J connectivity index is 0.00000276. The largest absolute Gasteiger partial charge is 0.504 e. The number of nitrogens with zero attached hydrogens (tertiary/aromatic N) is 2. The number of likely N-dealkylation sites (tertiary alicyclic amines) is 1. The Bertz CT molecular complexity index is 1410. The summed E-state index contributed by atoms with van der Waals surface area (Å²) in [6, 6.07) is 10.3. The molecule has 9 rings (SSSR count). The Kier molecular flexibility index (Phi) is 5.83. The van der Waals surface area contributed by atoms with Crippen molar-refractivity contribution >= 4 is 24.0 Å². The van der Waals surface area contributed by atoms with Gasteiger partial charge >= 0.3 is 6.18 Å². The Morgan fingerprint density at radius 3 is 2.56 bits per heavy atom. The molecule has 0 aromatic heterocycles. The van der Waals surface area contributed by atoms with Gasteiger partial charge in [-0.15, -0.1) is 12.4 Å². The molecule has 11 heteroatoms. The molecule has 7 aliphatic rings. The molecule has 3 N–H and O–H groups in total. The van der Waals surface area contributed by atoms with E-state index in [1.165, 1.54) is 4.90 Å². The molecular formula is C30H33ClF3N3O4. The van der Waals surface area contributed by atoms with E-state index in [0.717, 1.165) is 30.5 Å². The Hall–Kier alpha value is -2.53. The van der Waals surface area contributed by atoms with E-state index in [2.05, 4.69) is 10.2 Å². The predicted octanol–water partition coefficient (Wildman–Crippen LogP) is 4.00. The summed E-state index contributed by atoms with van der Waals surface area (Å²) in [5, 5.41) is 26.2. The van der Waals surface area contributed by atoms with Gasteiger partial charge in [0.2, 0.25) is 5.91 Å². The SMILES string of the molecule is Cl.O=C(Nc1ccccc1)[C@H]1N(CC(F)(F)F)[C@@]23CC[C@]1(O)[C@@H]1Oc4c(O)ccc5c4[C@@]12CCN(CC1CC1)[C@@H]3C5. The molecule has 2 aromatic rings. The first-order valence-electron chi connectivity index (χ1n) is 14.3. The van der Waals surface area contributed by atoms with Crippen molar-refractivity contribution in [1.29, 1.82) is 0 Å². The molecule has 6 atom stereocenters. The third-order valence-corrected chi connectivity index (χ3v) is 10.8. The molecule has 4 aliphatic heterocycles. The number of phenols is 1. The van der Waals surface area contributed by atoms with Crippen LogP contribution in [0, 0.1) is 5.92 Å². The summed E-state index contributed by atoms with van der Waals surface area (Å²) >= 11 is 0. The number of halogens is 4. The minimum absolute atomic E-state index is 0. The summed E-state index contributed by atoms with van der Waals surface area (Å²) in [4.78, 5) is 17.7. The number of aromatic hydroxyl groups is 1. The zero-order valence-corrected chi connectivity index (χ0v) is 23.2. The molecule has 3 saturated heterocycles. The number of para-hydroxylation sites is 1. The first-order valence-corrected chi connectivity index (χ1v) is 14.3. The molecule has 4 heterocycles. The van der Waals surface area contributed by atoms with Crippen molar-refractivity contribution in [3.8, 4) is 11.5 Å². The summed E-state index contributed by atoms with van der Waals surface area (Å²) < 4.78 is 50.1. The van der Waals surface area contributed by atoms with Crippen LogP contribution in [-0.4, -0.2) is 81.1 Å². The summed E-state index contributed by atoms with van der Waals surface area (Å²) in [7, 11) is 0. The Labute approximate surface area is 242 Å². The van der Waals surface area contributed by atoms with E-state index >= 15 is 0 Å². The highest BCUT2D eigenvalue weighted by Crippen LogP contribution is 2.72. The molecule has 2 spiro atoms. The molecule has 220 valence electrons. The number of alkyl halides is 3. The lowest BCUT2D eigenvalue weighted by Crippen LogP contribution is -2.92. The molecule has 0 radical (unpaired) electrons. The number of carbonyl (C=O) groups excluding carboxylic acids is 1. The number of anilines is 1. The van der Waals surface area contributed by atoms with E-state index in [9.17, 15) is 28.2 Å². The van der Waals surface area contributed by atoms with Crippen LogP contribution in [0.4, 0.5) is 18.9 Å². The van der Waals surface area contributed by atoms with E-state index in [4.69, 9.17) is 4.74 Å². The van der Waals surface area contributed by atoms with Crippen LogP contribution in [0.2, 0.25) is 0 Å². The highest BCUT2D eigenvalue weighted by atomic mass is 35.5. The topological polar surface area (TPSA) is 85.3 Å². The van der Waals surface area contributed by atoms with E-state index in [-0.39, 0.29) is 36.4 Å². The molecule has 4 bridgehead atoms. The third kappa shape index (κ3) is 3.48. The summed E-state index contributed by atoms with van der Waals surface area (Å²) in [5.74, 6) is 0.0491. The lowest BCUT2D eigenvalue weighted by molar-refractivity contribution is -0.302. The van der Waals surface area contributed by atoms with Crippen LogP contribution in [0.5, 0.6) is 11.5 Å². The van der Waals surface area contributed by atoms with Gasteiger partial charge in [-0.2, -0.15) is 13.2 Å². The quantitative estimate of drug-likeness (QED) is 0.488. The number of benzene rings is 2. The zero-order valence-electron chi connectivity index (χ0n) is 22.4. The summed E-state index contributed by atoms with van der Waals surface area (Å²) in [5.41, 5.74) is -1.82. The van der Waals surface area contributed by atoms with Gasteiger partial charge in [-0.25, -0.2) is 0 Å². The maximum atomic E-state index is 14.5. The van der Waals surface area contributed by atoms with Crippen LogP contribution in [0.25, 0.3) is 0 Å². The fourth-order valence-corrected chi connectivity index (χ4v) is 9.43. The van der Waals surface area contributed by atoms with Crippen LogP contribution in [0.15, 0.2) is 42.5 Å². The third-order valence-electron chi connectivity index (χ3n) is 10.8. The van der Waals surface area contributed by atoms with Crippen molar-refractivity contribution in [1.82, 2.24) is 9.80 Å². The second-order valence-corrected chi connectivity index (χ2v) is 12.7. The minimum Gasteiger partial charge on any atom is -0.504 e. The van der Waals surface area contributed by atoms with Gasteiger partial charge < -0.3 is 20.3 Å². The number of carbonyl (C=O) groups is 1. The molecule has 1 amide bonds. The highest BCUT2D eigenvalue weighted by Gasteiger charge is 2.84. The standard InChI is InChI=1S/C30H32F3N3O4.ClH/c31-30(32,33)16-36-24(25(38)34-19-4-2-1-3-5-19)28(39)10-11-29(36)21-14-18-8-9-20(37)23-22(18)27(29,26(28)40-23)12-13-35(21)15-17-6-7-17;/h1-5,8-9,17,21,24,26,37,39H,6-7,10-16H2,(H,34,38);1H/t21-,24-,26-,27+,28-,29-;/m1./s1. The van der Waals surface area contributed by atoms with Crippen molar-refractivity contribution < 1.29 is 32.9 Å². The molecule has 5 fully saturated rings. The number of hydrogen-bond acceptors (Lipinski definition) is 6. The summed E-state index contributed by atoms with van der Waals surface area (Å²) in [6.07, 6.45) is -1.85. The van der Waals surface area contributed by atoms with Gasteiger partial charge in [0.25, 0.3) is 0 Å².